The van der Waals surface area contributed by atoms with Gasteiger partial charge in [0, 0.05) is 0 Å². The molecule has 0 aromatic heterocycles. The molecule has 7 heteroatoms. The van der Waals surface area contributed by atoms with Crippen LogP contribution in [-0.2, 0) is 0 Å². The lowest BCUT2D eigenvalue weighted by molar-refractivity contribution is 0.112. The smallest absolute Gasteiger partial charge is 0.493 e. The Morgan fingerprint density at radius 2 is 1.62 bits per heavy atom. The average Bonchev–Trinajstić information content (AvgIpc) is 2.25. The fraction of sp³-hybridized carbons (Fsp3) is 0.222. The van der Waals surface area contributed by atoms with Gasteiger partial charge in [-0.1, -0.05) is 5.46 Å². The van der Waals surface area contributed by atoms with Gasteiger partial charge in [0.1, 0.15) is 6.29 Å². The summed E-state index contributed by atoms with van der Waals surface area (Å²) < 4.78 is 47.3. The topological polar surface area (TPSA) is 35.5 Å². The van der Waals surface area contributed by atoms with Gasteiger partial charge in [0.25, 0.3) is 0 Å². The molecular weight excluding hydrogens is 224 g/mol. The standard InChI is InChI=1S/C9H9BF3O3/c1-15-8-3-6(5-14)7(10(11,12)13)4-9(8)16-2/h3-5H,1-2H3/q-1. The SMILES string of the molecule is COc1cc(C=O)c([B-](F)(F)F)cc1OC. The summed E-state index contributed by atoms with van der Waals surface area (Å²) >= 11 is 0. The van der Waals surface area contributed by atoms with E-state index in [1.54, 1.807) is 0 Å². The Morgan fingerprint density at radius 1 is 1.12 bits per heavy atom. The molecule has 0 saturated carbocycles. The van der Waals surface area contributed by atoms with Crippen molar-refractivity contribution in [2.75, 3.05) is 14.2 Å². The Labute approximate surface area is 90.2 Å². The van der Waals surface area contributed by atoms with E-state index < -0.39 is 18.0 Å². The van der Waals surface area contributed by atoms with Gasteiger partial charge < -0.3 is 22.4 Å². The zero-order valence-electron chi connectivity index (χ0n) is 8.67. The van der Waals surface area contributed by atoms with Gasteiger partial charge in [-0.3, -0.25) is 4.79 Å². The van der Waals surface area contributed by atoms with Crippen LogP contribution >= 0.6 is 0 Å². The number of ether oxygens (including phenoxy) is 2. The first kappa shape index (κ1) is 12.4. The normalized spacial score (nSPS) is 11.1. The molecule has 88 valence electrons. The number of hydrogen-bond acceptors (Lipinski definition) is 3. The van der Waals surface area contributed by atoms with Gasteiger partial charge in [-0.05, 0) is 17.7 Å². The minimum absolute atomic E-state index is 0.0534. The molecule has 1 rings (SSSR count). The van der Waals surface area contributed by atoms with Gasteiger partial charge in [-0.25, -0.2) is 0 Å². The first-order valence-electron chi connectivity index (χ1n) is 4.35. The van der Waals surface area contributed by atoms with Crippen molar-refractivity contribution in [3.63, 3.8) is 0 Å². The molecule has 0 saturated heterocycles. The molecule has 1 aromatic carbocycles. The van der Waals surface area contributed by atoms with Crippen LogP contribution < -0.4 is 14.9 Å². The van der Waals surface area contributed by atoms with E-state index in [2.05, 4.69) is 0 Å². The van der Waals surface area contributed by atoms with Crippen molar-refractivity contribution >= 4 is 18.7 Å². The summed E-state index contributed by atoms with van der Waals surface area (Å²) in [5.41, 5.74) is -1.43. The second-order valence-corrected chi connectivity index (χ2v) is 3.03. The minimum Gasteiger partial charge on any atom is -0.493 e. The molecule has 0 heterocycles. The van der Waals surface area contributed by atoms with Crippen molar-refractivity contribution in [1.82, 2.24) is 0 Å². The van der Waals surface area contributed by atoms with E-state index in [9.17, 15) is 17.7 Å². The van der Waals surface area contributed by atoms with Crippen LogP contribution in [-0.4, -0.2) is 27.5 Å². The summed E-state index contributed by atoms with van der Waals surface area (Å²) in [6, 6.07) is 1.78. The van der Waals surface area contributed by atoms with Crippen molar-refractivity contribution in [3.8, 4) is 11.5 Å². The maximum Gasteiger partial charge on any atom is 0.510 e. The van der Waals surface area contributed by atoms with Crippen LogP contribution in [0.5, 0.6) is 11.5 Å². The zero-order valence-corrected chi connectivity index (χ0v) is 8.67. The van der Waals surface area contributed by atoms with Crippen molar-refractivity contribution in [2.45, 2.75) is 0 Å². The molecule has 0 bridgehead atoms. The predicted octanol–water partition coefficient (Wildman–Crippen LogP) is 1.57. The number of carbonyl (C=O) groups excluding carboxylic acids is 1. The van der Waals surface area contributed by atoms with E-state index in [1.165, 1.54) is 14.2 Å². The first-order valence-corrected chi connectivity index (χ1v) is 4.35. The molecule has 0 aliphatic carbocycles. The molecule has 16 heavy (non-hydrogen) atoms. The van der Waals surface area contributed by atoms with Crippen LogP contribution in [0.25, 0.3) is 0 Å². The second-order valence-electron chi connectivity index (χ2n) is 3.03. The lowest BCUT2D eigenvalue weighted by Gasteiger charge is -2.19. The van der Waals surface area contributed by atoms with E-state index in [-0.39, 0.29) is 17.8 Å². The zero-order chi connectivity index (χ0) is 12.3. The predicted molar refractivity (Wildman–Crippen MR) is 53.6 cm³/mol. The summed E-state index contributed by atoms with van der Waals surface area (Å²) in [7, 11) is 2.51. The maximum absolute atomic E-state index is 12.6. The molecule has 0 radical (unpaired) electrons. The first-order chi connectivity index (χ1) is 7.43. The maximum atomic E-state index is 12.6. The lowest BCUT2D eigenvalue weighted by atomic mass is 9.77. The fourth-order valence-electron chi connectivity index (χ4n) is 1.30. The Hall–Kier alpha value is -1.66. The summed E-state index contributed by atoms with van der Waals surface area (Å²) in [4.78, 5) is 10.6. The van der Waals surface area contributed by atoms with E-state index in [0.29, 0.717) is 0 Å². The third kappa shape index (κ3) is 2.29. The van der Waals surface area contributed by atoms with E-state index in [0.717, 1.165) is 12.1 Å². The quantitative estimate of drug-likeness (QED) is 0.584. The number of aldehydes is 1. The molecule has 0 aliphatic rings. The van der Waals surface area contributed by atoms with Gasteiger partial charge in [0.2, 0.25) is 0 Å². The Morgan fingerprint density at radius 3 is 2.00 bits per heavy atom. The van der Waals surface area contributed by atoms with Crippen LogP contribution in [0.2, 0.25) is 0 Å². The molecule has 0 spiro atoms. The van der Waals surface area contributed by atoms with Crippen molar-refractivity contribution in [2.24, 2.45) is 0 Å². The van der Waals surface area contributed by atoms with Crippen LogP contribution in [0.3, 0.4) is 0 Å². The summed E-state index contributed by atoms with van der Waals surface area (Å²) in [5, 5.41) is 0. The van der Waals surface area contributed by atoms with Crippen molar-refractivity contribution in [1.29, 1.82) is 0 Å². The van der Waals surface area contributed by atoms with Crippen LogP contribution in [0.1, 0.15) is 10.4 Å². The monoisotopic (exact) mass is 233 g/mol. The summed E-state index contributed by atoms with van der Waals surface area (Å²) in [5.74, 6) is 0.0377. The van der Waals surface area contributed by atoms with E-state index in [4.69, 9.17) is 9.47 Å². The van der Waals surface area contributed by atoms with Gasteiger partial charge in [-0.15, -0.1) is 0 Å². The van der Waals surface area contributed by atoms with Gasteiger partial charge in [0.15, 0.2) is 11.5 Å². The molecule has 3 nitrogen and oxygen atoms in total. The highest BCUT2D eigenvalue weighted by molar-refractivity contribution is 6.74. The molecule has 0 unspecified atom stereocenters. The van der Waals surface area contributed by atoms with Gasteiger partial charge in [0.05, 0.1) is 14.2 Å². The third-order valence-electron chi connectivity index (χ3n) is 2.07. The van der Waals surface area contributed by atoms with E-state index in [1.807, 2.05) is 0 Å². The highest BCUT2D eigenvalue weighted by atomic mass is 19.4. The Balaban J connectivity index is 3.43. The molecule has 0 atom stereocenters. The molecule has 0 amide bonds. The largest absolute Gasteiger partial charge is 0.510 e. The van der Waals surface area contributed by atoms with E-state index >= 15 is 0 Å². The number of rotatable bonds is 4. The molecule has 0 fully saturated rings. The summed E-state index contributed by atoms with van der Waals surface area (Å²) in [6.07, 6.45) is 0.145. The Kier molecular flexibility index (Phi) is 3.46. The molecule has 1 aromatic rings. The third-order valence-corrected chi connectivity index (χ3v) is 2.07. The number of carbonyl (C=O) groups is 1. The lowest BCUT2D eigenvalue weighted by Crippen LogP contribution is -2.37. The number of hydrogen-bond donors (Lipinski definition) is 0. The average molecular weight is 233 g/mol. The molecule has 0 N–H and O–H groups in total. The fourth-order valence-corrected chi connectivity index (χ4v) is 1.30. The van der Waals surface area contributed by atoms with Crippen molar-refractivity contribution < 1.29 is 27.2 Å². The Bertz CT molecular complexity index is 404. The molecular formula is C9H9BF3O3-. The highest BCUT2D eigenvalue weighted by Gasteiger charge is 2.29. The highest BCUT2D eigenvalue weighted by Crippen LogP contribution is 2.28. The number of benzene rings is 1. The second kappa shape index (κ2) is 4.46. The van der Waals surface area contributed by atoms with Crippen LogP contribution in [0.15, 0.2) is 12.1 Å². The van der Waals surface area contributed by atoms with Gasteiger partial charge >= 0.3 is 6.98 Å². The van der Waals surface area contributed by atoms with Crippen LogP contribution in [0, 0.1) is 0 Å². The minimum atomic E-state index is -5.25. The molecule has 0 aliphatic heterocycles. The number of halogens is 3. The van der Waals surface area contributed by atoms with Crippen LogP contribution in [0.4, 0.5) is 12.9 Å². The number of methoxy groups -OCH3 is 2. The van der Waals surface area contributed by atoms with Crippen molar-refractivity contribution in [3.05, 3.63) is 17.7 Å². The summed E-state index contributed by atoms with van der Waals surface area (Å²) in [6.45, 7) is -5.25. The van der Waals surface area contributed by atoms with Gasteiger partial charge in [-0.2, -0.15) is 0 Å².